The van der Waals surface area contributed by atoms with Crippen LogP contribution in [0.2, 0.25) is 0 Å². The zero-order valence-corrected chi connectivity index (χ0v) is 14.1. The molecule has 0 radical (unpaired) electrons. The second-order valence-electron chi connectivity index (χ2n) is 6.79. The molecule has 122 valence electrons. The molecule has 3 rings (SSSR count). The number of nitrogens with zero attached hydrogens (tertiary/aromatic N) is 1. The second kappa shape index (κ2) is 7.16. The van der Waals surface area contributed by atoms with Crippen LogP contribution >= 0.6 is 0 Å². The third kappa shape index (κ3) is 3.57. The van der Waals surface area contributed by atoms with Gasteiger partial charge in [0.05, 0.1) is 13.1 Å². The van der Waals surface area contributed by atoms with Gasteiger partial charge in [-0.3, -0.25) is 0 Å². The third-order valence-corrected chi connectivity index (χ3v) is 4.46. The summed E-state index contributed by atoms with van der Waals surface area (Å²) >= 11 is 0. The minimum Gasteiger partial charge on any atom is -0.385 e. The highest BCUT2D eigenvalue weighted by atomic mass is 16.3. The van der Waals surface area contributed by atoms with E-state index in [0.29, 0.717) is 6.54 Å². The Hall–Kier alpha value is -1.84. The summed E-state index contributed by atoms with van der Waals surface area (Å²) in [4.78, 5) is 0. The van der Waals surface area contributed by atoms with Gasteiger partial charge >= 0.3 is 0 Å². The molecule has 23 heavy (non-hydrogen) atoms. The number of hydrogen-bond acceptors (Lipinski definition) is 1. The van der Waals surface area contributed by atoms with Gasteiger partial charge in [-0.2, -0.15) is 0 Å². The Morgan fingerprint density at radius 2 is 1.52 bits per heavy atom. The SMILES string of the molecule is CC(C)CC[NH2+]C[C@H](O)Cn1c2ccccc2c2ccccc21. The highest BCUT2D eigenvalue weighted by Crippen LogP contribution is 2.28. The van der Waals surface area contributed by atoms with Gasteiger partial charge in [0.15, 0.2) is 0 Å². The average Bonchev–Trinajstić information content (AvgIpc) is 2.86. The van der Waals surface area contributed by atoms with Crippen molar-refractivity contribution in [3.8, 4) is 0 Å². The summed E-state index contributed by atoms with van der Waals surface area (Å²) in [6.07, 6.45) is 0.864. The first-order valence-corrected chi connectivity index (χ1v) is 8.62. The molecule has 1 heterocycles. The quantitative estimate of drug-likeness (QED) is 0.647. The van der Waals surface area contributed by atoms with Crippen molar-refractivity contribution in [1.82, 2.24) is 4.57 Å². The first-order valence-electron chi connectivity index (χ1n) is 8.62. The van der Waals surface area contributed by atoms with Crippen molar-refractivity contribution in [2.45, 2.75) is 32.9 Å². The van der Waals surface area contributed by atoms with E-state index in [1.54, 1.807) is 0 Å². The lowest BCUT2D eigenvalue weighted by atomic mass is 10.1. The number of hydrogen-bond donors (Lipinski definition) is 2. The van der Waals surface area contributed by atoms with Gasteiger partial charge in [-0.25, -0.2) is 0 Å². The second-order valence-corrected chi connectivity index (χ2v) is 6.79. The van der Waals surface area contributed by atoms with E-state index in [1.807, 2.05) is 0 Å². The van der Waals surface area contributed by atoms with Crippen molar-refractivity contribution in [3.05, 3.63) is 48.5 Å². The smallest absolute Gasteiger partial charge is 0.121 e. The summed E-state index contributed by atoms with van der Waals surface area (Å²) in [6, 6.07) is 16.9. The van der Waals surface area contributed by atoms with Crippen LogP contribution in [0, 0.1) is 5.92 Å². The van der Waals surface area contributed by atoms with Gasteiger partial charge in [0.2, 0.25) is 0 Å². The largest absolute Gasteiger partial charge is 0.385 e. The lowest BCUT2D eigenvalue weighted by Gasteiger charge is -2.13. The zero-order valence-electron chi connectivity index (χ0n) is 14.1. The Bertz CT molecular complexity index is 722. The van der Waals surface area contributed by atoms with Gasteiger partial charge < -0.3 is 15.0 Å². The van der Waals surface area contributed by atoms with E-state index in [-0.39, 0.29) is 6.10 Å². The number of aliphatic hydroxyl groups is 1. The summed E-state index contributed by atoms with van der Waals surface area (Å²) in [7, 11) is 0. The monoisotopic (exact) mass is 311 g/mol. The van der Waals surface area contributed by atoms with Gasteiger partial charge in [0.1, 0.15) is 12.6 Å². The molecule has 0 aliphatic rings. The van der Waals surface area contributed by atoms with E-state index in [4.69, 9.17) is 0 Å². The van der Waals surface area contributed by atoms with Gasteiger partial charge in [-0.1, -0.05) is 50.2 Å². The molecule has 0 spiro atoms. The summed E-state index contributed by atoms with van der Waals surface area (Å²) in [5.74, 6) is 0.723. The molecule has 0 amide bonds. The van der Waals surface area contributed by atoms with E-state index < -0.39 is 0 Å². The molecule has 0 aliphatic carbocycles. The molecule has 0 bridgehead atoms. The predicted molar refractivity (Wildman–Crippen MR) is 96.6 cm³/mol. The highest BCUT2D eigenvalue weighted by Gasteiger charge is 2.14. The van der Waals surface area contributed by atoms with Gasteiger partial charge in [-0.15, -0.1) is 0 Å². The van der Waals surface area contributed by atoms with Crippen LogP contribution in [0.5, 0.6) is 0 Å². The lowest BCUT2D eigenvalue weighted by Crippen LogP contribution is -2.86. The molecular formula is C20H27N2O+. The molecule has 0 saturated heterocycles. The Kier molecular flexibility index (Phi) is 4.99. The molecule has 3 aromatic rings. The fraction of sp³-hybridized carbons (Fsp3) is 0.400. The van der Waals surface area contributed by atoms with Crippen LogP contribution in [0.15, 0.2) is 48.5 Å². The molecule has 1 aromatic heterocycles. The van der Waals surface area contributed by atoms with Gasteiger partial charge in [0.25, 0.3) is 0 Å². The number of benzene rings is 2. The zero-order chi connectivity index (χ0) is 16.2. The molecule has 3 nitrogen and oxygen atoms in total. The van der Waals surface area contributed by atoms with Crippen molar-refractivity contribution >= 4 is 21.8 Å². The van der Waals surface area contributed by atoms with E-state index in [1.165, 1.54) is 28.2 Å². The van der Waals surface area contributed by atoms with E-state index >= 15 is 0 Å². The fourth-order valence-corrected chi connectivity index (χ4v) is 3.25. The molecule has 3 heteroatoms. The van der Waals surface area contributed by atoms with Crippen molar-refractivity contribution in [2.24, 2.45) is 5.92 Å². The Morgan fingerprint density at radius 3 is 2.09 bits per heavy atom. The number of fused-ring (bicyclic) bond motifs is 3. The first kappa shape index (κ1) is 16.0. The van der Waals surface area contributed by atoms with Crippen LogP contribution in [0.25, 0.3) is 21.8 Å². The normalized spacial score (nSPS) is 13.2. The molecule has 0 aliphatic heterocycles. The maximum Gasteiger partial charge on any atom is 0.121 e. The van der Waals surface area contributed by atoms with Crippen LogP contribution in [0.4, 0.5) is 0 Å². The number of rotatable bonds is 7. The van der Waals surface area contributed by atoms with Crippen molar-refractivity contribution in [1.29, 1.82) is 0 Å². The minimum atomic E-state index is -0.332. The maximum atomic E-state index is 10.5. The molecule has 2 aromatic carbocycles. The number of nitrogens with two attached hydrogens (primary N) is 1. The van der Waals surface area contributed by atoms with Crippen LogP contribution in [0.3, 0.4) is 0 Å². The van der Waals surface area contributed by atoms with Crippen molar-refractivity contribution in [2.75, 3.05) is 13.1 Å². The van der Waals surface area contributed by atoms with E-state index in [2.05, 4.69) is 72.3 Å². The van der Waals surface area contributed by atoms with E-state index in [0.717, 1.165) is 19.0 Å². The summed E-state index contributed by atoms with van der Waals surface area (Å²) in [6.45, 7) is 6.96. The molecular weight excluding hydrogens is 284 g/mol. The number of para-hydroxylation sites is 2. The van der Waals surface area contributed by atoms with E-state index in [9.17, 15) is 5.11 Å². The number of quaternary nitrogens is 1. The molecule has 0 unspecified atom stereocenters. The van der Waals surface area contributed by atoms with Gasteiger partial charge in [0, 0.05) is 21.8 Å². The topological polar surface area (TPSA) is 41.8 Å². The fourth-order valence-electron chi connectivity index (χ4n) is 3.25. The number of aromatic nitrogens is 1. The Balaban J connectivity index is 1.79. The van der Waals surface area contributed by atoms with Gasteiger partial charge in [-0.05, 0) is 24.5 Å². The van der Waals surface area contributed by atoms with Crippen LogP contribution in [0.1, 0.15) is 20.3 Å². The van der Waals surface area contributed by atoms with Crippen LogP contribution in [-0.4, -0.2) is 28.9 Å². The third-order valence-electron chi connectivity index (χ3n) is 4.46. The Labute approximate surface area is 137 Å². The standard InChI is InChI=1S/C20H26N2O/c1-15(2)11-12-21-13-16(23)14-22-19-9-5-3-7-17(19)18-8-4-6-10-20(18)22/h3-10,15-16,21,23H,11-14H2,1-2H3/p+1/t16-/m0/s1. The van der Waals surface area contributed by atoms with Crippen LogP contribution in [-0.2, 0) is 6.54 Å². The minimum absolute atomic E-state index is 0.332. The van der Waals surface area contributed by atoms with Crippen molar-refractivity contribution in [3.63, 3.8) is 0 Å². The number of aliphatic hydroxyl groups excluding tert-OH is 1. The van der Waals surface area contributed by atoms with Crippen molar-refractivity contribution < 1.29 is 10.4 Å². The molecule has 3 N–H and O–H groups in total. The lowest BCUT2D eigenvalue weighted by molar-refractivity contribution is -0.662. The molecule has 1 atom stereocenters. The summed E-state index contributed by atoms with van der Waals surface area (Å²) < 4.78 is 2.26. The summed E-state index contributed by atoms with van der Waals surface area (Å²) in [5, 5.41) is 15.2. The highest BCUT2D eigenvalue weighted by molar-refractivity contribution is 6.07. The summed E-state index contributed by atoms with van der Waals surface area (Å²) in [5.41, 5.74) is 2.41. The molecule has 0 saturated carbocycles. The maximum absolute atomic E-state index is 10.5. The first-order chi connectivity index (χ1) is 11.2. The average molecular weight is 311 g/mol. The van der Waals surface area contributed by atoms with Crippen LogP contribution < -0.4 is 5.32 Å². The molecule has 0 fully saturated rings. The predicted octanol–water partition coefficient (Wildman–Crippen LogP) is 2.76. The Morgan fingerprint density at radius 1 is 0.957 bits per heavy atom.